The van der Waals surface area contributed by atoms with Crippen LogP contribution in [0.25, 0.3) is 0 Å². The molecule has 0 radical (unpaired) electrons. The Morgan fingerprint density at radius 2 is 2.00 bits per heavy atom. The van der Waals surface area contributed by atoms with E-state index >= 15 is 0 Å². The molecule has 9 heteroatoms. The van der Waals surface area contributed by atoms with Gasteiger partial charge in [0.05, 0.1) is 26.3 Å². The number of halogens is 2. The maximum atomic E-state index is 13.9. The smallest absolute Gasteiger partial charge is 0.261 e. The van der Waals surface area contributed by atoms with Crippen molar-refractivity contribution in [2.24, 2.45) is 0 Å². The maximum absolute atomic E-state index is 13.9. The number of hydrogen-bond acceptors (Lipinski definition) is 5. The second kappa shape index (κ2) is 8.05. The molecule has 0 saturated heterocycles. The Hall–Kier alpha value is -3.13. The molecule has 3 rings (SSSR count). The number of carbonyl (C=O) groups excluding carboxylic acids is 1. The first kappa shape index (κ1) is 18.7. The third-order valence-electron chi connectivity index (χ3n) is 3.79. The van der Waals surface area contributed by atoms with E-state index in [1.165, 1.54) is 37.4 Å². The number of rotatable bonds is 6. The minimum absolute atomic E-state index is 0.0670. The molecule has 27 heavy (non-hydrogen) atoms. The molecule has 0 fully saturated rings. The fourth-order valence-corrected chi connectivity index (χ4v) is 2.73. The Labute approximate surface area is 159 Å². The first-order valence-electron chi connectivity index (χ1n) is 7.88. The third-order valence-corrected chi connectivity index (χ3v) is 4.15. The number of anilines is 1. The number of carbonyl (C=O) groups is 1. The number of nitrogens with zero attached hydrogens (tertiary/aromatic N) is 3. The van der Waals surface area contributed by atoms with Crippen molar-refractivity contribution in [2.75, 3.05) is 19.5 Å². The van der Waals surface area contributed by atoms with E-state index in [9.17, 15) is 9.18 Å². The summed E-state index contributed by atoms with van der Waals surface area (Å²) >= 11 is 6.02. The Morgan fingerprint density at radius 3 is 2.70 bits per heavy atom. The van der Waals surface area contributed by atoms with Crippen LogP contribution in [0.5, 0.6) is 11.5 Å². The molecule has 0 saturated carbocycles. The summed E-state index contributed by atoms with van der Waals surface area (Å²) in [6, 6.07) is 9.37. The molecule has 0 atom stereocenters. The van der Waals surface area contributed by atoms with Crippen molar-refractivity contribution in [1.29, 1.82) is 0 Å². The Morgan fingerprint density at radius 1 is 1.22 bits per heavy atom. The summed E-state index contributed by atoms with van der Waals surface area (Å²) in [5, 5.41) is 6.99. The van der Waals surface area contributed by atoms with Gasteiger partial charge in [0.1, 0.15) is 12.1 Å². The molecule has 0 spiro atoms. The fraction of sp³-hybridized carbons (Fsp3) is 0.167. The van der Waals surface area contributed by atoms with Gasteiger partial charge >= 0.3 is 0 Å². The van der Waals surface area contributed by atoms with Crippen molar-refractivity contribution in [1.82, 2.24) is 14.8 Å². The van der Waals surface area contributed by atoms with Gasteiger partial charge in [0.15, 0.2) is 11.5 Å². The van der Waals surface area contributed by atoms with Crippen molar-refractivity contribution >= 4 is 23.5 Å². The largest absolute Gasteiger partial charge is 0.493 e. The summed E-state index contributed by atoms with van der Waals surface area (Å²) in [7, 11) is 2.93. The number of amides is 1. The van der Waals surface area contributed by atoms with E-state index < -0.39 is 11.7 Å². The van der Waals surface area contributed by atoms with Crippen LogP contribution in [0.1, 0.15) is 15.9 Å². The van der Waals surface area contributed by atoms with Crippen LogP contribution >= 0.6 is 11.6 Å². The first-order chi connectivity index (χ1) is 13.0. The van der Waals surface area contributed by atoms with E-state index in [4.69, 9.17) is 21.1 Å². The summed E-state index contributed by atoms with van der Waals surface area (Å²) in [6.45, 7) is 0.0802. The molecule has 0 aliphatic carbocycles. The second-order valence-electron chi connectivity index (χ2n) is 5.46. The second-order valence-corrected chi connectivity index (χ2v) is 5.87. The van der Waals surface area contributed by atoms with Crippen molar-refractivity contribution in [3.8, 4) is 11.5 Å². The SMILES string of the molecule is COc1cccc(C(=O)Nc2ncn(Cc3c(F)cccc3Cl)n2)c1OC. The highest BCUT2D eigenvalue weighted by Crippen LogP contribution is 2.31. The zero-order valence-corrected chi connectivity index (χ0v) is 15.3. The molecule has 140 valence electrons. The molecule has 1 amide bonds. The third kappa shape index (κ3) is 4.01. The average molecular weight is 391 g/mol. The molecular weight excluding hydrogens is 375 g/mol. The zero-order chi connectivity index (χ0) is 19.4. The highest BCUT2D eigenvalue weighted by Gasteiger charge is 2.18. The molecule has 0 bridgehead atoms. The van der Waals surface area contributed by atoms with Crippen molar-refractivity contribution in [3.63, 3.8) is 0 Å². The highest BCUT2D eigenvalue weighted by molar-refractivity contribution is 6.31. The Kier molecular flexibility index (Phi) is 5.56. The van der Waals surface area contributed by atoms with Crippen LogP contribution in [0.4, 0.5) is 10.3 Å². The zero-order valence-electron chi connectivity index (χ0n) is 14.6. The number of benzene rings is 2. The monoisotopic (exact) mass is 390 g/mol. The topological polar surface area (TPSA) is 78.3 Å². The summed E-state index contributed by atoms with van der Waals surface area (Å²) in [5.74, 6) is -0.109. The van der Waals surface area contributed by atoms with Crippen LogP contribution in [0.3, 0.4) is 0 Å². The van der Waals surface area contributed by atoms with Gasteiger partial charge in [0.2, 0.25) is 5.95 Å². The van der Waals surface area contributed by atoms with Crippen LogP contribution in [0.15, 0.2) is 42.7 Å². The lowest BCUT2D eigenvalue weighted by Gasteiger charge is -2.11. The highest BCUT2D eigenvalue weighted by atomic mass is 35.5. The van der Waals surface area contributed by atoms with Gasteiger partial charge in [-0.1, -0.05) is 23.7 Å². The Balaban J connectivity index is 1.77. The van der Waals surface area contributed by atoms with Gasteiger partial charge in [-0.05, 0) is 24.3 Å². The molecule has 1 heterocycles. The summed E-state index contributed by atoms with van der Waals surface area (Å²) < 4.78 is 25.7. The van der Waals surface area contributed by atoms with Crippen LogP contribution < -0.4 is 14.8 Å². The molecule has 0 aliphatic rings. The van der Waals surface area contributed by atoms with Gasteiger partial charge in [0.25, 0.3) is 5.91 Å². The van der Waals surface area contributed by atoms with E-state index in [1.54, 1.807) is 24.3 Å². The minimum Gasteiger partial charge on any atom is -0.493 e. The number of methoxy groups -OCH3 is 2. The molecule has 1 N–H and O–H groups in total. The molecule has 1 aromatic heterocycles. The number of para-hydroxylation sites is 1. The predicted molar refractivity (Wildman–Crippen MR) is 98.0 cm³/mol. The number of hydrogen-bond donors (Lipinski definition) is 1. The van der Waals surface area contributed by atoms with Crippen LogP contribution in [-0.2, 0) is 6.54 Å². The van der Waals surface area contributed by atoms with Gasteiger partial charge in [-0.3, -0.25) is 10.1 Å². The summed E-state index contributed by atoms with van der Waals surface area (Å²) in [6.07, 6.45) is 1.38. The van der Waals surface area contributed by atoms with Gasteiger partial charge < -0.3 is 9.47 Å². The Bertz CT molecular complexity index is 957. The van der Waals surface area contributed by atoms with Gasteiger partial charge in [-0.2, -0.15) is 0 Å². The first-order valence-corrected chi connectivity index (χ1v) is 8.26. The van der Waals surface area contributed by atoms with E-state index in [-0.39, 0.29) is 28.6 Å². The van der Waals surface area contributed by atoms with Crippen LogP contribution in [-0.4, -0.2) is 34.9 Å². The molecule has 3 aromatic rings. The normalized spacial score (nSPS) is 10.5. The van der Waals surface area contributed by atoms with E-state index in [2.05, 4.69) is 15.4 Å². The number of aromatic nitrogens is 3. The quantitative estimate of drug-likeness (QED) is 0.698. The van der Waals surface area contributed by atoms with Crippen molar-refractivity contribution in [2.45, 2.75) is 6.54 Å². The lowest BCUT2D eigenvalue weighted by atomic mass is 10.1. The van der Waals surface area contributed by atoms with Gasteiger partial charge in [0, 0.05) is 10.6 Å². The van der Waals surface area contributed by atoms with Gasteiger partial charge in [-0.15, -0.1) is 5.10 Å². The summed E-state index contributed by atoms with van der Waals surface area (Å²) in [4.78, 5) is 16.5. The van der Waals surface area contributed by atoms with E-state index in [0.717, 1.165) is 0 Å². The molecule has 2 aromatic carbocycles. The van der Waals surface area contributed by atoms with Crippen molar-refractivity contribution in [3.05, 3.63) is 64.7 Å². The molecule has 7 nitrogen and oxygen atoms in total. The van der Waals surface area contributed by atoms with Crippen LogP contribution in [0, 0.1) is 5.82 Å². The molecule has 0 aliphatic heterocycles. The lowest BCUT2D eigenvalue weighted by Crippen LogP contribution is -2.15. The fourth-order valence-electron chi connectivity index (χ4n) is 2.51. The van der Waals surface area contributed by atoms with Gasteiger partial charge in [-0.25, -0.2) is 14.1 Å². The van der Waals surface area contributed by atoms with E-state index in [0.29, 0.717) is 11.5 Å². The maximum Gasteiger partial charge on any atom is 0.261 e. The number of ether oxygens (including phenoxy) is 2. The molecular formula is C18H16ClFN4O3. The molecule has 0 unspecified atom stereocenters. The number of nitrogens with one attached hydrogen (secondary N) is 1. The standard InChI is InChI=1S/C18H16ClFN4O3/c1-26-15-8-3-5-11(16(15)27-2)17(25)22-18-21-10-24(23-18)9-12-13(19)6-4-7-14(12)20/h3-8,10H,9H2,1-2H3,(H,22,23,25). The lowest BCUT2D eigenvalue weighted by molar-refractivity contribution is 0.102. The van der Waals surface area contributed by atoms with Crippen LogP contribution in [0.2, 0.25) is 5.02 Å². The summed E-state index contributed by atoms with van der Waals surface area (Å²) in [5.41, 5.74) is 0.557. The average Bonchev–Trinajstić information content (AvgIpc) is 3.11. The van der Waals surface area contributed by atoms with Crippen molar-refractivity contribution < 1.29 is 18.7 Å². The van der Waals surface area contributed by atoms with E-state index in [1.807, 2.05) is 0 Å². The minimum atomic E-state index is -0.465. The predicted octanol–water partition coefficient (Wildman–Crippen LogP) is 3.39.